The Kier molecular flexibility index (Phi) is 7.81. The minimum absolute atomic E-state index is 0.00578. The molecule has 11 heteroatoms. The predicted octanol–water partition coefficient (Wildman–Crippen LogP) is 4.30. The van der Waals surface area contributed by atoms with Crippen molar-refractivity contribution >= 4 is 11.8 Å². The number of ether oxygens (including phenoxy) is 1. The van der Waals surface area contributed by atoms with Gasteiger partial charge in [0.1, 0.15) is 35.7 Å². The van der Waals surface area contributed by atoms with Gasteiger partial charge in [-0.1, -0.05) is 36.4 Å². The third kappa shape index (κ3) is 5.68. The van der Waals surface area contributed by atoms with Crippen LogP contribution in [0.25, 0.3) is 0 Å². The van der Waals surface area contributed by atoms with Gasteiger partial charge in [-0.3, -0.25) is 19.3 Å². The van der Waals surface area contributed by atoms with Crippen molar-refractivity contribution in [2.75, 3.05) is 6.54 Å². The van der Waals surface area contributed by atoms with Crippen molar-refractivity contribution in [1.29, 1.82) is 0 Å². The van der Waals surface area contributed by atoms with E-state index in [0.29, 0.717) is 6.54 Å². The molecule has 2 amide bonds. The lowest BCUT2D eigenvalue weighted by atomic mass is 10.0. The van der Waals surface area contributed by atoms with Gasteiger partial charge in [-0.2, -0.15) is 0 Å². The van der Waals surface area contributed by atoms with Gasteiger partial charge in [-0.05, 0) is 37.1 Å². The number of pyridine rings is 1. The van der Waals surface area contributed by atoms with E-state index >= 15 is 0 Å². The van der Waals surface area contributed by atoms with Gasteiger partial charge in [-0.25, -0.2) is 8.78 Å². The number of hydrogen-bond acceptors (Lipinski definition) is 6. The first kappa shape index (κ1) is 28.4. The Morgan fingerprint density at radius 2 is 1.91 bits per heavy atom. The fraction of sp³-hybridized carbons (Fsp3) is 0.281. The van der Waals surface area contributed by atoms with Crippen LogP contribution in [0.1, 0.15) is 51.1 Å². The Morgan fingerprint density at radius 3 is 2.65 bits per heavy atom. The fourth-order valence-corrected chi connectivity index (χ4v) is 5.70. The minimum atomic E-state index is -0.817. The van der Waals surface area contributed by atoms with Crippen molar-refractivity contribution in [2.45, 2.75) is 51.8 Å². The third-order valence-electron chi connectivity index (χ3n) is 7.95. The monoisotopic (exact) mass is 588 g/mol. The molecule has 1 fully saturated rings. The number of rotatable bonds is 8. The van der Waals surface area contributed by atoms with E-state index in [1.807, 2.05) is 49.4 Å². The number of carbonyl (C=O) groups is 2. The third-order valence-corrected chi connectivity index (χ3v) is 7.95. The summed E-state index contributed by atoms with van der Waals surface area (Å²) < 4.78 is 40.7. The highest BCUT2D eigenvalue weighted by Gasteiger charge is 2.44. The van der Waals surface area contributed by atoms with E-state index in [-0.39, 0.29) is 60.4 Å². The van der Waals surface area contributed by atoms with Crippen LogP contribution < -0.4 is 15.5 Å². The molecule has 0 aliphatic carbocycles. The lowest BCUT2D eigenvalue weighted by molar-refractivity contribution is -0.0387. The maximum Gasteiger partial charge on any atom is 0.276 e. The average Bonchev–Trinajstić information content (AvgIpc) is 3.51. The number of nitrogens with zero attached hydrogens (tertiary/aromatic N) is 3. The Labute approximate surface area is 246 Å². The van der Waals surface area contributed by atoms with E-state index in [4.69, 9.17) is 9.15 Å². The van der Waals surface area contributed by atoms with Crippen LogP contribution in [0.15, 0.2) is 82.3 Å². The number of amides is 2. The maximum absolute atomic E-state index is 14.2. The second-order valence-corrected chi connectivity index (χ2v) is 10.8. The number of hydrogen-bond donors (Lipinski definition) is 1. The van der Waals surface area contributed by atoms with Crippen molar-refractivity contribution in [3.05, 3.63) is 123 Å². The molecule has 2 aromatic carbocycles. The quantitative estimate of drug-likeness (QED) is 0.330. The van der Waals surface area contributed by atoms with Crippen LogP contribution in [-0.4, -0.2) is 44.9 Å². The summed E-state index contributed by atoms with van der Waals surface area (Å²) >= 11 is 0. The van der Waals surface area contributed by atoms with Gasteiger partial charge in [0.2, 0.25) is 5.43 Å². The molecule has 4 aromatic rings. The van der Waals surface area contributed by atoms with E-state index in [9.17, 15) is 23.2 Å². The molecule has 6 rings (SSSR count). The van der Waals surface area contributed by atoms with Crippen LogP contribution in [0, 0.1) is 11.6 Å². The van der Waals surface area contributed by atoms with Gasteiger partial charge in [0.15, 0.2) is 11.4 Å². The maximum atomic E-state index is 14.2. The van der Waals surface area contributed by atoms with E-state index in [0.717, 1.165) is 36.4 Å². The van der Waals surface area contributed by atoms with Crippen LogP contribution in [0.4, 0.5) is 8.78 Å². The SMILES string of the molecule is C[C@H]1CCN(Cc2ccco2)[C@@H]2Cn3cc(C(=O)NCc4ccc(F)cc4F)c(=O)c(OCc4ccccc4)c3C(=O)N12. The molecule has 2 atom stereocenters. The van der Waals surface area contributed by atoms with Crippen molar-refractivity contribution < 1.29 is 27.5 Å². The number of carbonyl (C=O) groups excluding carboxylic acids is 2. The second kappa shape index (κ2) is 11.8. The van der Waals surface area contributed by atoms with Crippen molar-refractivity contribution in [1.82, 2.24) is 19.7 Å². The summed E-state index contributed by atoms with van der Waals surface area (Å²) in [5.41, 5.74) is -0.0893. The van der Waals surface area contributed by atoms with Crippen molar-refractivity contribution in [2.24, 2.45) is 0 Å². The summed E-state index contributed by atoms with van der Waals surface area (Å²) in [4.78, 5) is 45.1. The zero-order chi connectivity index (χ0) is 30.1. The van der Waals surface area contributed by atoms with Crippen LogP contribution in [0.2, 0.25) is 0 Å². The number of nitrogens with one attached hydrogen (secondary N) is 1. The molecule has 9 nitrogen and oxygen atoms in total. The van der Waals surface area contributed by atoms with Crippen LogP contribution in [0.5, 0.6) is 5.75 Å². The molecule has 0 bridgehead atoms. The highest BCUT2D eigenvalue weighted by molar-refractivity contribution is 5.99. The normalized spacial score (nSPS) is 18.2. The molecule has 2 aromatic heterocycles. The lowest BCUT2D eigenvalue weighted by Crippen LogP contribution is -2.63. The molecule has 2 aliphatic rings. The molecule has 1 N–H and O–H groups in total. The summed E-state index contributed by atoms with van der Waals surface area (Å²) in [6.45, 7) is 3.20. The summed E-state index contributed by atoms with van der Waals surface area (Å²) in [5, 5.41) is 2.55. The van der Waals surface area contributed by atoms with Crippen LogP contribution >= 0.6 is 0 Å². The van der Waals surface area contributed by atoms with Crippen LogP contribution in [0.3, 0.4) is 0 Å². The fourth-order valence-electron chi connectivity index (χ4n) is 5.70. The van der Waals surface area contributed by atoms with E-state index in [1.54, 1.807) is 15.7 Å². The second-order valence-electron chi connectivity index (χ2n) is 10.8. The first-order valence-corrected chi connectivity index (χ1v) is 14.1. The van der Waals surface area contributed by atoms with Gasteiger partial charge in [0.25, 0.3) is 11.8 Å². The Bertz CT molecular complexity index is 1710. The van der Waals surface area contributed by atoms with Gasteiger partial charge < -0.3 is 23.9 Å². The van der Waals surface area contributed by atoms with Gasteiger partial charge in [-0.15, -0.1) is 0 Å². The van der Waals surface area contributed by atoms with E-state index in [1.165, 1.54) is 12.3 Å². The average molecular weight is 589 g/mol. The molecular weight excluding hydrogens is 558 g/mol. The number of furan rings is 1. The van der Waals surface area contributed by atoms with E-state index in [2.05, 4.69) is 10.2 Å². The summed E-state index contributed by atoms with van der Waals surface area (Å²) in [5.74, 6) is -2.15. The predicted molar refractivity (Wildman–Crippen MR) is 152 cm³/mol. The van der Waals surface area contributed by atoms with Crippen LogP contribution in [-0.2, 0) is 26.2 Å². The standard InChI is InChI=1S/C32H30F2N4O5/c1-20-11-12-36(16-24-8-5-13-42-24)27-18-37-17-25(31(40)35-15-22-9-10-23(33)14-26(22)34)29(39)30(28(37)32(41)38(20)27)43-19-21-6-3-2-4-7-21/h2-10,13-14,17,20,27H,11-12,15-16,18-19H2,1H3,(H,35,40)/t20-,27-/m0/s1. The molecule has 4 heterocycles. The van der Waals surface area contributed by atoms with Gasteiger partial charge in [0.05, 0.1) is 19.4 Å². The van der Waals surface area contributed by atoms with Crippen molar-refractivity contribution in [3.8, 4) is 5.75 Å². The number of benzene rings is 2. The zero-order valence-corrected chi connectivity index (χ0v) is 23.5. The summed E-state index contributed by atoms with van der Waals surface area (Å²) in [6.07, 6.45) is 3.34. The highest BCUT2D eigenvalue weighted by atomic mass is 19.1. The summed E-state index contributed by atoms with van der Waals surface area (Å²) in [6, 6.07) is 15.8. The first-order valence-electron chi connectivity index (χ1n) is 14.1. The number of aromatic nitrogens is 1. The Hall–Kier alpha value is -4.77. The van der Waals surface area contributed by atoms with Gasteiger partial charge >= 0.3 is 0 Å². The first-order chi connectivity index (χ1) is 20.8. The minimum Gasteiger partial charge on any atom is -0.483 e. The Morgan fingerprint density at radius 1 is 1.09 bits per heavy atom. The molecule has 0 unspecified atom stereocenters. The molecule has 222 valence electrons. The molecular formula is C32H30F2N4O5. The molecule has 1 saturated heterocycles. The number of halogens is 2. The Balaban J connectivity index is 1.37. The topological polar surface area (TPSA) is 97.0 Å². The highest BCUT2D eigenvalue weighted by Crippen LogP contribution is 2.32. The van der Waals surface area contributed by atoms with Crippen molar-refractivity contribution in [3.63, 3.8) is 0 Å². The largest absolute Gasteiger partial charge is 0.483 e. The molecule has 43 heavy (non-hydrogen) atoms. The smallest absolute Gasteiger partial charge is 0.276 e. The molecule has 0 radical (unpaired) electrons. The number of fused-ring (bicyclic) bond motifs is 2. The lowest BCUT2D eigenvalue weighted by Gasteiger charge is -2.50. The molecule has 2 aliphatic heterocycles. The molecule has 0 spiro atoms. The van der Waals surface area contributed by atoms with E-state index < -0.39 is 23.0 Å². The van der Waals surface area contributed by atoms with Gasteiger partial charge in [0, 0.05) is 37.0 Å². The molecule has 0 saturated carbocycles. The summed E-state index contributed by atoms with van der Waals surface area (Å²) in [7, 11) is 0. The zero-order valence-electron chi connectivity index (χ0n) is 23.5.